The number of aromatic nitrogens is 2. The molecule has 6 heteroatoms. The second-order valence-corrected chi connectivity index (χ2v) is 6.00. The van der Waals surface area contributed by atoms with Crippen molar-refractivity contribution in [1.82, 2.24) is 20.6 Å². The van der Waals surface area contributed by atoms with Crippen molar-refractivity contribution in [1.29, 1.82) is 0 Å². The van der Waals surface area contributed by atoms with Gasteiger partial charge in [-0.05, 0) is 37.1 Å². The summed E-state index contributed by atoms with van der Waals surface area (Å²) < 4.78 is 0. The van der Waals surface area contributed by atoms with Crippen LogP contribution in [0.3, 0.4) is 0 Å². The predicted molar refractivity (Wildman–Crippen MR) is 119 cm³/mol. The summed E-state index contributed by atoms with van der Waals surface area (Å²) in [4.78, 5) is 12.6. The molecule has 0 aliphatic carbocycles. The Balaban J connectivity index is 0.00000243. The van der Waals surface area contributed by atoms with Crippen molar-refractivity contribution in [3.63, 3.8) is 0 Å². The Hall–Kier alpha value is -2.09. The lowest BCUT2D eigenvalue weighted by molar-refractivity contribution is 0.780. The number of nitrogens with one attached hydrogen (secondary N) is 3. The number of hydrogen-bond acceptors (Lipinski definition) is 2. The number of halogens is 1. The third kappa shape index (κ3) is 5.45. The minimum Gasteiger partial charge on any atom is -0.357 e. The van der Waals surface area contributed by atoms with E-state index in [2.05, 4.69) is 63.7 Å². The Morgan fingerprint density at radius 1 is 1.08 bits per heavy atom. The van der Waals surface area contributed by atoms with E-state index >= 15 is 0 Å². The number of guanidine groups is 1. The van der Waals surface area contributed by atoms with Gasteiger partial charge in [-0.2, -0.15) is 0 Å². The molecule has 0 bridgehead atoms. The highest BCUT2D eigenvalue weighted by molar-refractivity contribution is 14.0. The number of imidazole rings is 1. The molecule has 5 nitrogen and oxygen atoms in total. The minimum absolute atomic E-state index is 0. The number of nitrogens with zero attached hydrogens (tertiary/aromatic N) is 2. The van der Waals surface area contributed by atoms with Crippen LogP contribution in [-0.4, -0.2) is 29.0 Å². The molecule has 3 N–H and O–H groups in total. The summed E-state index contributed by atoms with van der Waals surface area (Å²) in [6.07, 6.45) is 0.823. The second-order valence-electron chi connectivity index (χ2n) is 6.00. The highest BCUT2D eigenvalue weighted by Gasteiger charge is 2.03. The van der Waals surface area contributed by atoms with Gasteiger partial charge in [0.15, 0.2) is 5.96 Å². The standard InChI is InChI=1S/C20H25N5.HI/c1-3-21-20(23-14-16-9-5-4-8-15(16)2)22-13-12-19-24-17-10-6-7-11-18(17)25-19;/h4-11H,3,12-14H2,1-2H3,(H,24,25)(H2,21,22,23);1H. The normalized spacial score (nSPS) is 11.2. The second kappa shape index (κ2) is 10.2. The number of aromatic amines is 1. The molecular weight excluding hydrogens is 437 g/mol. The molecular formula is C20H26IN5. The molecule has 0 spiro atoms. The maximum Gasteiger partial charge on any atom is 0.191 e. The Labute approximate surface area is 171 Å². The summed E-state index contributed by atoms with van der Waals surface area (Å²) >= 11 is 0. The first kappa shape index (κ1) is 20.2. The molecule has 0 aliphatic rings. The van der Waals surface area contributed by atoms with Crippen LogP contribution in [0.15, 0.2) is 53.5 Å². The number of benzene rings is 2. The largest absolute Gasteiger partial charge is 0.357 e. The molecule has 0 aliphatic heterocycles. The van der Waals surface area contributed by atoms with Crippen molar-refractivity contribution < 1.29 is 0 Å². The van der Waals surface area contributed by atoms with Gasteiger partial charge in [0.05, 0.1) is 17.6 Å². The van der Waals surface area contributed by atoms with E-state index < -0.39 is 0 Å². The zero-order chi connectivity index (χ0) is 17.5. The first-order valence-electron chi connectivity index (χ1n) is 8.76. The number of H-pyrrole nitrogens is 1. The molecule has 2 aromatic carbocycles. The minimum atomic E-state index is 0. The predicted octanol–water partition coefficient (Wildman–Crippen LogP) is 3.79. The van der Waals surface area contributed by atoms with Crippen LogP contribution in [0.25, 0.3) is 11.0 Å². The third-order valence-electron chi connectivity index (χ3n) is 4.11. The van der Waals surface area contributed by atoms with Gasteiger partial charge in [-0.15, -0.1) is 24.0 Å². The lowest BCUT2D eigenvalue weighted by Gasteiger charge is -2.11. The van der Waals surface area contributed by atoms with Crippen molar-refractivity contribution in [2.24, 2.45) is 4.99 Å². The van der Waals surface area contributed by atoms with Crippen molar-refractivity contribution in [2.75, 3.05) is 13.1 Å². The molecule has 0 fully saturated rings. The summed E-state index contributed by atoms with van der Waals surface area (Å²) in [6, 6.07) is 16.4. The van der Waals surface area contributed by atoms with Gasteiger partial charge in [-0.25, -0.2) is 9.98 Å². The molecule has 0 atom stereocenters. The molecule has 0 saturated carbocycles. The van der Waals surface area contributed by atoms with Crippen molar-refractivity contribution in [3.8, 4) is 0 Å². The number of para-hydroxylation sites is 2. The number of fused-ring (bicyclic) bond motifs is 1. The van der Waals surface area contributed by atoms with Crippen LogP contribution in [0, 0.1) is 6.92 Å². The summed E-state index contributed by atoms with van der Waals surface area (Å²) in [6.45, 7) is 6.48. The molecule has 138 valence electrons. The Bertz CT molecular complexity index is 823. The zero-order valence-corrected chi connectivity index (χ0v) is 17.6. The van der Waals surface area contributed by atoms with E-state index in [1.807, 2.05) is 24.3 Å². The lowest BCUT2D eigenvalue weighted by Crippen LogP contribution is -2.38. The lowest BCUT2D eigenvalue weighted by atomic mass is 10.1. The van der Waals surface area contributed by atoms with Gasteiger partial charge in [0.2, 0.25) is 0 Å². The molecule has 0 radical (unpaired) electrons. The van der Waals surface area contributed by atoms with Crippen molar-refractivity contribution in [3.05, 3.63) is 65.5 Å². The van der Waals surface area contributed by atoms with Gasteiger partial charge >= 0.3 is 0 Å². The van der Waals surface area contributed by atoms with Crippen LogP contribution < -0.4 is 10.6 Å². The Kier molecular flexibility index (Phi) is 7.90. The van der Waals surface area contributed by atoms with E-state index in [-0.39, 0.29) is 24.0 Å². The highest BCUT2D eigenvalue weighted by atomic mass is 127. The van der Waals surface area contributed by atoms with Crippen molar-refractivity contribution in [2.45, 2.75) is 26.8 Å². The summed E-state index contributed by atoms with van der Waals surface area (Å²) in [7, 11) is 0. The maximum atomic E-state index is 4.68. The van der Waals surface area contributed by atoms with Gasteiger partial charge in [-0.1, -0.05) is 36.4 Å². The zero-order valence-electron chi connectivity index (χ0n) is 15.2. The van der Waals surface area contributed by atoms with Gasteiger partial charge in [0, 0.05) is 19.5 Å². The fourth-order valence-electron chi connectivity index (χ4n) is 2.72. The SMILES string of the molecule is CCNC(=NCc1ccccc1C)NCCc1nc2ccccc2[nH]1.I. The van der Waals surface area contributed by atoms with E-state index in [4.69, 9.17) is 0 Å². The van der Waals surface area contributed by atoms with Gasteiger partial charge in [0.25, 0.3) is 0 Å². The number of hydrogen-bond donors (Lipinski definition) is 3. The average Bonchev–Trinajstić information content (AvgIpc) is 3.03. The first-order chi connectivity index (χ1) is 12.3. The monoisotopic (exact) mass is 463 g/mol. The fourth-order valence-corrected chi connectivity index (χ4v) is 2.72. The van der Waals surface area contributed by atoms with E-state index in [1.54, 1.807) is 0 Å². The summed E-state index contributed by atoms with van der Waals surface area (Å²) in [5.41, 5.74) is 4.61. The van der Waals surface area contributed by atoms with Crippen LogP contribution in [0.5, 0.6) is 0 Å². The summed E-state index contributed by atoms with van der Waals surface area (Å²) in [5, 5.41) is 6.68. The maximum absolute atomic E-state index is 4.68. The molecule has 1 heterocycles. The quantitative estimate of drug-likeness (QED) is 0.296. The smallest absolute Gasteiger partial charge is 0.191 e. The van der Waals surface area contributed by atoms with E-state index in [1.165, 1.54) is 11.1 Å². The van der Waals surface area contributed by atoms with Crippen LogP contribution in [0.2, 0.25) is 0 Å². The Morgan fingerprint density at radius 2 is 1.85 bits per heavy atom. The van der Waals surface area contributed by atoms with Crippen LogP contribution >= 0.6 is 24.0 Å². The van der Waals surface area contributed by atoms with E-state index in [0.29, 0.717) is 6.54 Å². The molecule has 1 aromatic heterocycles. The molecule has 3 aromatic rings. The highest BCUT2D eigenvalue weighted by Crippen LogP contribution is 2.10. The Morgan fingerprint density at radius 3 is 2.62 bits per heavy atom. The van der Waals surface area contributed by atoms with Gasteiger partial charge in [0.1, 0.15) is 5.82 Å². The number of aryl methyl sites for hydroxylation is 1. The summed E-state index contributed by atoms with van der Waals surface area (Å²) in [5.74, 6) is 1.82. The van der Waals surface area contributed by atoms with Crippen LogP contribution in [-0.2, 0) is 13.0 Å². The van der Waals surface area contributed by atoms with Gasteiger partial charge < -0.3 is 15.6 Å². The molecule has 0 unspecified atom stereocenters. The van der Waals surface area contributed by atoms with E-state index in [9.17, 15) is 0 Å². The van der Waals surface area contributed by atoms with E-state index in [0.717, 1.165) is 42.3 Å². The number of aliphatic imine (C=N–C) groups is 1. The molecule has 26 heavy (non-hydrogen) atoms. The average molecular weight is 463 g/mol. The van der Waals surface area contributed by atoms with Crippen LogP contribution in [0.4, 0.5) is 0 Å². The fraction of sp³-hybridized carbons (Fsp3) is 0.300. The molecule has 0 amide bonds. The van der Waals surface area contributed by atoms with Gasteiger partial charge in [-0.3, -0.25) is 0 Å². The molecule has 0 saturated heterocycles. The topological polar surface area (TPSA) is 65.1 Å². The van der Waals surface area contributed by atoms with Crippen molar-refractivity contribution >= 4 is 41.0 Å². The van der Waals surface area contributed by atoms with Crippen LogP contribution in [0.1, 0.15) is 23.9 Å². The first-order valence-corrected chi connectivity index (χ1v) is 8.76. The molecule has 3 rings (SSSR count). The number of rotatable bonds is 6. The third-order valence-corrected chi connectivity index (χ3v) is 4.11.